The quantitative estimate of drug-likeness (QED) is 0.670. The number of nitrogens with one attached hydrogen (secondary N) is 1. The number of rotatable bonds is 2. The third-order valence-electron chi connectivity index (χ3n) is 2.29. The molecule has 0 aromatic heterocycles. The SMILES string of the molecule is CN=C(NC(=O)Cc1c(Cl)cccc1Cl)N(C)C. The highest BCUT2D eigenvalue weighted by Gasteiger charge is 2.12. The Balaban J connectivity index is 2.77. The Morgan fingerprint density at radius 2 is 1.89 bits per heavy atom. The van der Waals surface area contributed by atoms with Gasteiger partial charge in [0.25, 0.3) is 0 Å². The van der Waals surface area contributed by atoms with Gasteiger partial charge in [0.1, 0.15) is 0 Å². The highest BCUT2D eigenvalue weighted by atomic mass is 35.5. The van der Waals surface area contributed by atoms with E-state index in [9.17, 15) is 4.79 Å². The van der Waals surface area contributed by atoms with Gasteiger partial charge in [0, 0.05) is 31.2 Å². The van der Waals surface area contributed by atoms with Crippen molar-refractivity contribution in [3.05, 3.63) is 33.8 Å². The second kappa shape index (κ2) is 6.61. The monoisotopic (exact) mass is 287 g/mol. The molecule has 98 valence electrons. The molecule has 0 fully saturated rings. The van der Waals surface area contributed by atoms with E-state index in [1.165, 1.54) is 0 Å². The van der Waals surface area contributed by atoms with Crippen molar-refractivity contribution in [3.63, 3.8) is 0 Å². The molecule has 0 aliphatic heterocycles. The first-order chi connectivity index (χ1) is 8.45. The first-order valence-electron chi connectivity index (χ1n) is 5.32. The second-order valence-electron chi connectivity index (χ2n) is 3.87. The largest absolute Gasteiger partial charge is 0.349 e. The summed E-state index contributed by atoms with van der Waals surface area (Å²) in [7, 11) is 5.20. The minimum absolute atomic E-state index is 0.116. The number of guanidine groups is 1. The van der Waals surface area contributed by atoms with E-state index in [1.807, 2.05) is 0 Å². The molecule has 1 rings (SSSR count). The summed E-state index contributed by atoms with van der Waals surface area (Å²) in [5.41, 5.74) is 0.618. The smallest absolute Gasteiger partial charge is 0.231 e. The third-order valence-corrected chi connectivity index (χ3v) is 2.99. The predicted octanol–water partition coefficient (Wildman–Crippen LogP) is 2.20. The van der Waals surface area contributed by atoms with Crippen molar-refractivity contribution in [2.75, 3.05) is 21.1 Å². The zero-order valence-corrected chi connectivity index (χ0v) is 12.0. The van der Waals surface area contributed by atoms with Crippen LogP contribution in [0.4, 0.5) is 0 Å². The van der Waals surface area contributed by atoms with Crippen LogP contribution in [0.1, 0.15) is 5.56 Å². The van der Waals surface area contributed by atoms with E-state index in [2.05, 4.69) is 10.3 Å². The molecule has 0 spiro atoms. The zero-order valence-electron chi connectivity index (χ0n) is 10.5. The summed E-state index contributed by atoms with van der Waals surface area (Å²) >= 11 is 12.0. The van der Waals surface area contributed by atoms with E-state index in [1.54, 1.807) is 44.2 Å². The van der Waals surface area contributed by atoms with Crippen LogP contribution < -0.4 is 5.32 Å². The van der Waals surface area contributed by atoms with Gasteiger partial charge in [-0.1, -0.05) is 29.3 Å². The summed E-state index contributed by atoms with van der Waals surface area (Å²) in [6, 6.07) is 5.15. The number of amides is 1. The number of nitrogens with zero attached hydrogens (tertiary/aromatic N) is 2. The standard InChI is InChI=1S/C12H15Cl2N3O/c1-15-12(17(2)3)16-11(18)7-8-9(13)5-4-6-10(8)14/h4-6H,7H2,1-3H3,(H,15,16,18). The minimum Gasteiger partial charge on any atom is -0.349 e. The van der Waals surface area contributed by atoms with Gasteiger partial charge >= 0.3 is 0 Å². The fraction of sp³-hybridized carbons (Fsp3) is 0.333. The maximum absolute atomic E-state index is 11.9. The van der Waals surface area contributed by atoms with E-state index in [0.717, 1.165) is 0 Å². The van der Waals surface area contributed by atoms with Crippen LogP contribution in [-0.4, -0.2) is 37.9 Å². The average Bonchev–Trinajstić information content (AvgIpc) is 2.30. The molecule has 0 bridgehead atoms. The Morgan fingerprint density at radius 3 is 2.33 bits per heavy atom. The number of carbonyl (C=O) groups is 1. The summed E-state index contributed by atoms with van der Waals surface area (Å²) in [4.78, 5) is 17.5. The van der Waals surface area contributed by atoms with Crippen molar-refractivity contribution >= 4 is 35.1 Å². The molecule has 0 unspecified atom stereocenters. The van der Waals surface area contributed by atoms with E-state index >= 15 is 0 Å². The number of benzene rings is 1. The lowest BCUT2D eigenvalue weighted by Gasteiger charge is -2.16. The molecule has 0 saturated carbocycles. The molecule has 1 aromatic carbocycles. The van der Waals surface area contributed by atoms with Gasteiger partial charge in [-0.15, -0.1) is 0 Å². The van der Waals surface area contributed by atoms with Gasteiger partial charge in [-0.2, -0.15) is 0 Å². The average molecular weight is 288 g/mol. The van der Waals surface area contributed by atoms with Crippen molar-refractivity contribution in [1.29, 1.82) is 0 Å². The number of carbonyl (C=O) groups excluding carboxylic acids is 1. The van der Waals surface area contributed by atoms with Crippen LogP contribution >= 0.6 is 23.2 Å². The lowest BCUT2D eigenvalue weighted by molar-refractivity contribution is -0.119. The Kier molecular flexibility index (Phi) is 5.44. The highest BCUT2D eigenvalue weighted by Crippen LogP contribution is 2.24. The molecule has 6 heteroatoms. The normalized spacial score (nSPS) is 11.3. The molecule has 0 radical (unpaired) electrons. The highest BCUT2D eigenvalue weighted by molar-refractivity contribution is 6.36. The number of aliphatic imine (C=N–C) groups is 1. The molecule has 1 amide bonds. The van der Waals surface area contributed by atoms with Crippen LogP contribution in [0.2, 0.25) is 10.0 Å². The molecule has 1 N–H and O–H groups in total. The van der Waals surface area contributed by atoms with Crippen molar-refractivity contribution in [3.8, 4) is 0 Å². The van der Waals surface area contributed by atoms with Gasteiger partial charge in [0.15, 0.2) is 5.96 Å². The topological polar surface area (TPSA) is 44.7 Å². The lowest BCUT2D eigenvalue weighted by atomic mass is 10.1. The van der Waals surface area contributed by atoms with Crippen molar-refractivity contribution < 1.29 is 4.79 Å². The molecule has 0 aliphatic rings. The first kappa shape index (κ1) is 14.8. The zero-order chi connectivity index (χ0) is 13.7. The predicted molar refractivity (Wildman–Crippen MR) is 75.4 cm³/mol. The summed E-state index contributed by atoms with van der Waals surface area (Å²) in [6.07, 6.45) is 0.116. The van der Waals surface area contributed by atoms with E-state index in [0.29, 0.717) is 21.6 Å². The maximum atomic E-state index is 11.9. The van der Waals surface area contributed by atoms with Crippen LogP contribution in [0.15, 0.2) is 23.2 Å². The molecular weight excluding hydrogens is 273 g/mol. The Labute approximate surface area is 117 Å². The minimum atomic E-state index is -0.209. The summed E-state index contributed by atoms with van der Waals surface area (Å²) in [5.74, 6) is 0.280. The number of halogens is 2. The lowest BCUT2D eigenvalue weighted by Crippen LogP contribution is -2.40. The van der Waals surface area contributed by atoms with Gasteiger partial charge in [-0.3, -0.25) is 15.1 Å². The summed E-state index contributed by atoms with van der Waals surface area (Å²) in [6.45, 7) is 0. The van der Waals surface area contributed by atoms with E-state index in [4.69, 9.17) is 23.2 Å². The van der Waals surface area contributed by atoms with Crippen LogP contribution in [-0.2, 0) is 11.2 Å². The fourth-order valence-corrected chi connectivity index (χ4v) is 1.93. The van der Waals surface area contributed by atoms with Crippen LogP contribution in [0.5, 0.6) is 0 Å². The fourth-order valence-electron chi connectivity index (χ4n) is 1.40. The first-order valence-corrected chi connectivity index (χ1v) is 6.08. The third kappa shape index (κ3) is 3.89. The Morgan fingerprint density at radius 1 is 1.33 bits per heavy atom. The molecule has 4 nitrogen and oxygen atoms in total. The van der Waals surface area contributed by atoms with Gasteiger partial charge in [0.2, 0.25) is 5.91 Å². The molecule has 0 saturated heterocycles. The Hall–Kier alpha value is -1.26. The van der Waals surface area contributed by atoms with Crippen molar-refractivity contribution in [2.45, 2.75) is 6.42 Å². The number of hydrogen-bond donors (Lipinski definition) is 1. The van der Waals surface area contributed by atoms with Gasteiger partial charge in [-0.05, 0) is 17.7 Å². The van der Waals surface area contributed by atoms with Gasteiger partial charge < -0.3 is 4.90 Å². The van der Waals surface area contributed by atoms with Crippen LogP contribution in [0, 0.1) is 0 Å². The van der Waals surface area contributed by atoms with Crippen molar-refractivity contribution in [1.82, 2.24) is 10.2 Å². The number of hydrogen-bond acceptors (Lipinski definition) is 2. The van der Waals surface area contributed by atoms with E-state index in [-0.39, 0.29) is 12.3 Å². The van der Waals surface area contributed by atoms with Crippen LogP contribution in [0.3, 0.4) is 0 Å². The maximum Gasteiger partial charge on any atom is 0.231 e. The molecule has 0 heterocycles. The molecular formula is C12H15Cl2N3O. The summed E-state index contributed by atoms with van der Waals surface area (Å²) < 4.78 is 0. The van der Waals surface area contributed by atoms with Gasteiger partial charge in [0.05, 0.1) is 6.42 Å². The van der Waals surface area contributed by atoms with Crippen LogP contribution in [0.25, 0.3) is 0 Å². The molecule has 18 heavy (non-hydrogen) atoms. The molecule has 0 aliphatic carbocycles. The van der Waals surface area contributed by atoms with Crippen molar-refractivity contribution in [2.24, 2.45) is 4.99 Å². The summed E-state index contributed by atoms with van der Waals surface area (Å²) in [5, 5.41) is 3.66. The molecule has 1 aromatic rings. The second-order valence-corrected chi connectivity index (χ2v) is 4.68. The molecule has 0 atom stereocenters. The Bertz CT molecular complexity index is 452. The van der Waals surface area contributed by atoms with Gasteiger partial charge in [-0.25, -0.2) is 0 Å². The van der Waals surface area contributed by atoms with E-state index < -0.39 is 0 Å².